The van der Waals surface area contributed by atoms with E-state index in [9.17, 15) is 0 Å². The van der Waals surface area contributed by atoms with Crippen LogP contribution < -0.4 is 10.5 Å². The number of rotatable bonds is 3. The maximum Gasteiger partial charge on any atom is 0.131 e. The maximum absolute atomic E-state index is 8.74. The van der Waals surface area contributed by atoms with E-state index < -0.39 is 0 Å². The van der Waals surface area contributed by atoms with Crippen LogP contribution in [0.5, 0.6) is 11.5 Å². The number of hydrogen-bond acceptors (Lipinski definition) is 3. The fourth-order valence-corrected chi connectivity index (χ4v) is 1.86. The number of halogens is 1. The predicted molar refractivity (Wildman–Crippen MR) is 76.4 cm³/mol. The summed E-state index contributed by atoms with van der Waals surface area (Å²) in [6.07, 6.45) is 0.261. The van der Waals surface area contributed by atoms with Crippen molar-refractivity contribution in [2.75, 3.05) is 5.73 Å². The second kappa shape index (κ2) is 5.64. The molecule has 0 amide bonds. The molecule has 0 bridgehead atoms. The maximum atomic E-state index is 8.74. The Balaban J connectivity index is 2.31. The van der Waals surface area contributed by atoms with E-state index in [1.54, 1.807) is 24.3 Å². The number of hydrogen-bond donors (Lipinski definition) is 1. The van der Waals surface area contributed by atoms with E-state index in [0.717, 1.165) is 11.1 Å². The fourth-order valence-electron chi connectivity index (χ4n) is 1.69. The monoisotopic (exact) mass is 272 g/mol. The van der Waals surface area contributed by atoms with Gasteiger partial charge in [0.15, 0.2) is 0 Å². The number of nitrogens with zero attached hydrogens (tertiary/aromatic N) is 1. The lowest BCUT2D eigenvalue weighted by Crippen LogP contribution is -1.95. The normalized spacial score (nSPS) is 9.95. The van der Waals surface area contributed by atoms with Crippen molar-refractivity contribution in [2.24, 2.45) is 0 Å². The van der Waals surface area contributed by atoms with Gasteiger partial charge in [0.2, 0.25) is 0 Å². The lowest BCUT2D eigenvalue weighted by Gasteiger charge is -2.11. The second-order valence-electron chi connectivity index (χ2n) is 4.21. The third-order valence-electron chi connectivity index (χ3n) is 2.76. The van der Waals surface area contributed by atoms with Gasteiger partial charge in [0, 0.05) is 10.7 Å². The fraction of sp³-hybridized carbons (Fsp3) is 0.133. The van der Waals surface area contributed by atoms with Gasteiger partial charge in [0.05, 0.1) is 12.5 Å². The minimum atomic E-state index is 0.261. The van der Waals surface area contributed by atoms with E-state index >= 15 is 0 Å². The molecule has 2 N–H and O–H groups in total. The molecule has 0 aliphatic rings. The van der Waals surface area contributed by atoms with Crippen LogP contribution in [0.15, 0.2) is 36.4 Å². The first kappa shape index (κ1) is 13.3. The molecule has 0 fully saturated rings. The van der Waals surface area contributed by atoms with Gasteiger partial charge in [-0.2, -0.15) is 5.26 Å². The third-order valence-corrected chi connectivity index (χ3v) is 3.00. The van der Waals surface area contributed by atoms with E-state index in [4.69, 9.17) is 27.3 Å². The smallest absolute Gasteiger partial charge is 0.131 e. The van der Waals surface area contributed by atoms with E-state index in [1.807, 2.05) is 19.1 Å². The van der Waals surface area contributed by atoms with E-state index in [-0.39, 0.29) is 6.42 Å². The highest BCUT2D eigenvalue weighted by molar-refractivity contribution is 6.30. The van der Waals surface area contributed by atoms with Crippen molar-refractivity contribution < 1.29 is 4.74 Å². The highest BCUT2D eigenvalue weighted by Crippen LogP contribution is 2.29. The third kappa shape index (κ3) is 3.18. The Kier molecular flexibility index (Phi) is 3.94. The van der Waals surface area contributed by atoms with Crippen molar-refractivity contribution in [3.8, 4) is 17.6 Å². The molecule has 4 heteroatoms. The summed E-state index contributed by atoms with van der Waals surface area (Å²) in [5, 5.41) is 9.36. The minimum absolute atomic E-state index is 0.261. The zero-order valence-corrected chi connectivity index (χ0v) is 11.2. The molecule has 19 heavy (non-hydrogen) atoms. The zero-order chi connectivity index (χ0) is 13.8. The Morgan fingerprint density at radius 3 is 2.79 bits per heavy atom. The van der Waals surface area contributed by atoms with E-state index in [2.05, 4.69) is 6.07 Å². The summed E-state index contributed by atoms with van der Waals surface area (Å²) in [6.45, 7) is 1.94. The number of nitriles is 1. The van der Waals surface area contributed by atoms with Crippen molar-refractivity contribution in [1.29, 1.82) is 5.26 Å². The molecule has 0 heterocycles. The molecule has 2 aromatic rings. The molecule has 0 saturated carbocycles. The lowest BCUT2D eigenvalue weighted by molar-refractivity contribution is 0.478. The number of nitrogen functional groups attached to an aromatic ring is 1. The quantitative estimate of drug-likeness (QED) is 0.856. The molecule has 0 aliphatic carbocycles. The molecular formula is C15H13ClN2O. The molecule has 0 radical (unpaired) electrons. The number of ether oxygens (including phenoxy) is 1. The Bertz CT molecular complexity index is 647. The largest absolute Gasteiger partial charge is 0.457 e. The van der Waals surface area contributed by atoms with Gasteiger partial charge >= 0.3 is 0 Å². The predicted octanol–water partition coefficient (Wildman–Crippen LogP) is 4.09. The molecule has 0 spiro atoms. The molecule has 2 aromatic carbocycles. The minimum Gasteiger partial charge on any atom is -0.457 e. The van der Waals surface area contributed by atoms with Crippen LogP contribution in [-0.2, 0) is 6.42 Å². The van der Waals surface area contributed by atoms with Crippen LogP contribution >= 0.6 is 11.6 Å². The van der Waals surface area contributed by atoms with Crippen molar-refractivity contribution in [1.82, 2.24) is 0 Å². The Labute approximate surface area is 117 Å². The van der Waals surface area contributed by atoms with Crippen LogP contribution in [0.3, 0.4) is 0 Å². The molecular weight excluding hydrogens is 260 g/mol. The van der Waals surface area contributed by atoms with Crippen LogP contribution in [0.25, 0.3) is 0 Å². The average Bonchev–Trinajstić information content (AvgIpc) is 2.38. The summed E-state index contributed by atoms with van der Waals surface area (Å²) in [4.78, 5) is 0. The number of nitrogens with two attached hydrogens (primary N) is 1. The Morgan fingerprint density at radius 1 is 1.26 bits per heavy atom. The van der Waals surface area contributed by atoms with Crippen molar-refractivity contribution >= 4 is 17.3 Å². The summed E-state index contributed by atoms with van der Waals surface area (Å²) in [5.74, 6) is 1.34. The summed E-state index contributed by atoms with van der Waals surface area (Å²) in [5.41, 5.74) is 8.14. The summed E-state index contributed by atoms with van der Waals surface area (Å²) in [7, 11) is 0. The molecule has 0 aromatic heterocycles. The molecule has 0 saturated heterocycles. The highest BCUT2D eigenvalue weighted by Gasteiger charge is 2.05. The molecule has 0 atom stereocenters. The molecule has 0 aliphatic heterocycles. The first-order valence-corrected chi connectivity index (χ1v) is 6.17. The molecule has 2 rings (SSSR count). The van der Waals surface area contributed by atoms with Gasteiger partial charge in [0.1, 0.15) is 11.5 Å². The standard InChI is InChI=1S/C15H13ClN2O/c1-10-2-3-12(16)9-15(10)19-13-4-5-14(18)11(8-13)6-7-17/h2-5,8-9H,6,18H2,1H3. The topological polar surface area (TPSA) is 59.0 Å². The van der Waals surface area contributed by atoms with Crippen molar-refractivity contribution in [3.05, 3.63) is 52.5 Å². The summed E-state index contributed by atoms with van der Waals surface area (Å²) in [6, 6.07) is 12.8. The van der Waals surface area contributed by atoms with Crippen LogP contribution in [0, 0.1) is 18.3 Å². The summed E-state index contributed by atoms with van der Waals surface area (Å²) < 4.78 is 5.78. The number of aryl methyl sites for hydroxylation is 1. The van der Waals surface area contributed by atoms with Crippen LogP contribution in [0.1, 0.15) is 11.1 Å². The highest BCUT2D eigenvalue weighted by atomic mass is 35.5. The lowest BCUT2D eigenvalue weighted by atomic mass is 10.1. The van der Waals surface area contributed by atoms with Gasteiger partial charge in [-0.25, -0.2) is 0 Å². The van der Waals surface area contributed by atoms with Gasteiger partial charge in [0.25, 0.3) is 0 Å². The van der Waals surface area contributed by atoms with Crippen LogP contribution in [0.4, 0.5) is 5.69 Å². The van der Waals surface area contributed by atoms with Crippen LogP contribution in [0.2, 0.25) is 5.02 Å². The van der Waals surface area contributed by atoms with Crippen LogP contribution in [-0.4, -0.2) is 0 Å². The zero-order valence-electron chi connectivity index (χ0n) is 10.5. The molecule has 3 nitrogen and oxygen atoms in total. The van der Waals surface area contributed by atoms with Gasteiger partial charge in [-0.05, 0) is 48.4 Å². The first-order valence-electron chi connectivity index (χ1n) is 5.79. The Hall–Kier alpha value is -2.18. The van der Waals surface area contributed by atoms with Gasteiger partial charge in [-0.1, -0.05) is 17.7 Å². The summed E-state index contributed by atoms with van der Waals surface area (Å²) >= 11 is 5.95. The Morgan fingerprint density at radius 2 is 2.05 bits per heavy atom. The number of anilines is 1. The SMILES string of the molecule is Cc1ccc(Cl)cc1Oc1ccc(N)c(CC#N)c1. The van der Waals surface area contributed by atoms with Crippen molar-refractivity contribution in [2.45, 2.75) is 13.3 Å². The average molecular weight is 273 g/mol. The van der Waals surface area contributed by atoms with E-state index in [1.165, 1.54) is 0 Å². The first-order chi connectivity index (χ1) is 9.10. The van der Waals surface area contributed by atoms with E-state index in [0.29, 0.717) is 22.2 Å². The second-order valence-corrected chi connectivity index (χ2v) is 4.64. The number of benzene rings is 2. The molecule has 0 unspecified atom stereocenters. The van der Waals surface area contributed by atoms with Gasteiger partial charge < -0.3 is 10.5 Å². The van der Waals surface area contributed by atoms with Gasteiger partial charge in [-0.3, -0.25) is 0 Å². The molecule has 96 valence electrons. The van der Waals surface area contributed by atoms with Crippen molar-refractivity contribution in [3.63, 3.8) is 0 Å². The van der Waals surface area contributed by atoms with Gasteiger partial charge in [-0.15, -0.1) is 0 Å².